The monoisotopic (exact) mass is 468 g/mol. The number of ether oxygens (including phenoxy) is 1. The fraction of sp³-hybridized carbons (Fsp3) is 0.864. The smallest absolute Gasteiger partial charge is 0.0576 e. The summed E-state index contributed by atoms with van der Waals surface area (Å²) in [6, 6.07) is 0. The Kier molecular flexibility index (Phi) is 11.3. The molecule has 0 aromatic heterocycles. The molecule has 0 radical (unpaired) electrons. The maximum absolute atomic E-state index is 11.9. The minimum atomic E-state index is -1.62. The zero-order valence-electron chi connectivity index (χ0n) is 19.6. The molecule has 0 unspecified atom stereocenters. The normalized spacial score (nSPS) is 24.2. The number of hydrogen-bond acceptors (Lipinski definition) is 4. The molecule has 29 heavy (non-hydrogen) atoms. The highest BCUT2D eigenvalue weighted by atomic mass is 32.2. The predicted octanol–water partition coefficient (Wildman–Crippen LogP) is 3.46. The molecule has 0 bridgehead atoms. The van der Waals surface area contributed by atoms with Crippen LogP contribution in [-0.4, -0.2) is 75.0 Å². The van der Waals surface area contributed by atoms with Crippen LogP contribution < -0.4 is 0 Å². The van der Waals surface area contributed by atoms with Crippen LogP contribution in [0.25, 0.3) is 0 Å². The molecule has 0 aliphatic carbocycles. The van der Waals surface area contributed by atoms with Gasteiger partial charge in [-0.15, -0.1) is 0 Å². The lowest BCUT2D eigenvalue weighted by Crippen LogP contribution is -2.29. The Bertz CT molecular complexity index is 791. The van der Waals surface area contributed by atoms with Crippen molar-refractivity contribution in [3.8, 4) is 0 Å². The van der Waals surface area contributed by atoms with Crippen molar-refractivity contribution < 1.29 is 17.4 Å². The summed E-state index contributed by atoms with van der Waals surface area (Å²) in [7, 11) is -4.56. The first kappa shape index (κ1) is 27.1. The van der Waals surface area contributed by atoms with Crippen molar-refractivity contribution in [3.63, 3.8) is 0 Å². The lowest BCUT2D eigenvalue weighted by molar-refractivity contribution is 0.158. The Morgan fingerprint density at radius 3 is 1.00 bits per heavy atom. The van der Waals surface area contributed by atoms with Crippen LogP contribution in [0.2, 0.25) is 0 Å². The largest absolute Gasteiger partial charge is 0.380 e. The van der Waals surface area contributed by atoms with Crippen LogP contribution in [0.1, 0.15) is 73.6 Å². The number of rotatable bonds is 0. The standard InChI is InChI=1S/C8H16OS.C7H14O2S.C7H14OS/c1-8(2)10(9)6-4-3-5-7-10;1-7(2)10(8)5-3-9-4-6-10;1-7(2)9(8)5-3-4-6-9/h3-7H2,1-2H3;3-6H2,1-2H3;3-6H2,1-2H3. The molecule has 3 rings (SSSR count). The molecule has 3 saturated heterocycles. The highest BCUT2D eigenvalue weighted by Gasteiger charge is 2.16. The Balaban J connectivity index is 0.000000218. The fourth-order valence-electron chi connectivity index (χ4n) is 3.54. The first-order valence-electron chi connectivity index (χ1n) is 10.9. The Morgan fingerprint density at radius 1 is 0.483 bits per heavy atom. The van der Waals surface area contributed by atoms with Gasteiger partial charge in [0.1, 0.15) is 0 Å². The van der Waals surface area contributed by atoms with Crippen LogP contribution in [0.4, 0.5) is 0 Å². The fourth-order valence-corrected chi connectivity index (χ4v) is 10.1. The van der Waals surface area contributed by atoms with E-state index in [2.05, 4.69) is 0 Å². The zero-order chi connectivity index (χ0) is 22.1. The molecule has 0 spiro atoms. The molecular formula is C22H44O4S3. The lowest BCUT2D eigenvalue weighted by atomic mass is 10.3. The van der Waals surface area contributed by atoms with Gasteiger partial charge >= 0.3 is 0 Å². The molecular weight excluding hydrogens is 424 g/mol. The van der Waals surface area contributed by atoms with Crippen molar-refractivity contribution in [1.82, 2.24) is 0 Å². The molecule has 3 aliphatic heterocycles. The average Bonchev–Trinajstić information content (AvgIpc) is 3.12. The second-order valence-electron chi connectivity index (χ2n) is 8.77. The van der Waals surface area contributed by atoms with Crippen molar-refractivity contribution >= 4 is 43.2 Å². The number of hydrogen-bond donors (Lipinski definition) is 0. The molecule has 4 nitrogen and oxygen atoms in total. The van der Waals surface area contributed by atoms with Gasteiger partial charge in [-0.05, 0) is 110 Å². The van der Waals surface area contributed by atoms with Gasteiger partial charge in [-0.3, -0.25) is 12.6 Å². The van der Waals surface area contributed by atoms with Gasteiger partial charge in [0.25, 0.3) is 0 Å². The summed E-state index contributed by atoms with van der Waals surface area (Å²) in [5.74, 6) is 5.28. The summed E-state index contributed by atoms with van der Waals surface area (Å²) in [5.41, 5.74) is 0. The van der Waals surface area contributed by atoms with Crippen LogP contribution in [0, 0.1) is 0 Å². The second kappa shape index (κ2) is 12.2. The van der Waals surface area contributed by atoms with Crippen molar-refractivity contribution in [2.45, 2.75) is 73.6 Å². The van der Waals surface area contributed by atoms with Crippen molar-refractivity contribution in [2.24, 2.45) is 0 Å². The van der Waals surface area contributed by atoms with Crippen molar-refractivity contribution in [1.29, 1.82) is 0 Å². The van der Waals surface area contributed by atoms with Crippen molar-refractivity contribution in [2.75, 3.05) is 47.7 Å². The SMILES string of the molecule is CC(C)=S1(=O)CCCC1.CC(C)=S1(=O)CCCCC1.CC(C)=S1(=O)CCOCC1. The molecule has 0 saturated carbocycles. The van der Waals surface area contributed by atoms with E-state index in [1.54, 1.807) is 0 Å². The third-order valence-electron chi connectivity index (χ3n) is 5.99. The first-order chi connectivity index (χ1) is 13.5. The summed E-state index contributed by atoms with van der Waals surface area (Å²) in [5, 5.41) is 0. The van der Waals surface area contributed by atoms with E-state index in [0.717, 1.165) is 49.1 Å². The van der Waals surface area contributed by atoms with E-state index in [1.165, 1.54) is 32.1 Å². The van der Waals surface area contributed by atoms with Crippen LogP contribution in [0.3, 0.4) is 0 Å². The van der Waals surface area contributed by atoms with Gasteiger partial charge in [0.15, 0.2) is 0 Å². The quantitative estimate of drug-likeness (QED) is 0.511. The van der Waals surface area contributed by atoms with Gasteiger partial charge in [-0.25, -0.2) is 0 Å². The first-order valence-corrected chi connectivity index (χ1v) is 16.6. The van der Waals surface area contributed by atoms with Crippen molar-refractivity contribution in [3.05, 3.63) is 0 Å². The van der Waals surface area contributed by atoms with Gasteiger partial charge in [0.05, 0.1) is 13.2 Å². The molecule has 3 aliphatic rings. The van der Waals surface area contributed by atoms with E-state index in [0.29, 0.717) is 13.2 Å². The minimum Gasteiger partial charge on any atom is -0.380 e. The van der Waals surface area contributed by atoms with E-state index >= 15 is 0 Å². The Hall–Kier alpha value is 0.0200. The van der Waals surface area contributed by atoms with E-state index in [-0.39, 0.29) is 0 Å². The molecule has 0 N–H and O–H groups in total. The second-order valence-corrected chi connectivity index (χ2v) is 18.5. The van der Waals surface area contributed by atoms with E-state index < -0.39 is 28.6 Å². The molecule has 7 heteroatoms. The Morgan fingerprint density at radius 2 is 0.759 bits per heavy atom. The van der Waals surface area contributed by atoms with Gasteiger partial charge in [0.2, 0.25) is 0 Å². The van der Waals surface area contributed by atoms with E-state index in [1.807, 2.05) is 41.5 Å². The van der Waals surface area contributed by atoms with Crippen LogP contribution in [-0.2, 0) is 33.3 Å². The Labute approximate surface area is 181 Å². The summed E-state index contributed by atoms with van der Waals surface area (Å²) in [4.78, 5) is 3.39. The molecule has 0 atom stereocenters. The summed E-state index contributed by atoms with van der Waals surface area (Å²) in [6.07, 6.45) is 5.96. The highest BCUT2D eigenvalue weighted by molar-refractivity contribution is 8.03. The van der Waals surface area contributed by atoms with E-state index in [9.17, 15) is 12.6 Å². The van der Waals surface area contributed by atoms with Crippen LogP contribution >= 0.6 is 0 Å². The average molecular weight is 469 g/mol. The predicted molar refractivity (Wildman–Crippen MR) is 137 cm³/mol. The molecule has 0 aromatic rings. The van der Waals surface area contributed by atoms with Gasteiger partial charge in [-0.2, -0.15) is 0 Å². The van der Waals surface area contributed by atoms with E-state index in [4.69, 9.17) is 4.74 Å². The minimum absolute atomic E-state index is 0.671. The summed E-state index contributed by atoms with van der Waals surface area (Å²) < 4.78 is 40.4. The van der Waals surface area contributed by atoms with Crippen LogP contribution in [0.5, 0.6) is 0 Å². The molecule has 3 heterocycles. The molecule has 174 valence electrons. The van der Waals surface area contributed by atoms with Crippen LogP contribution in [0.15, 0.2) is 0 Å². The molecule has 0 amide bonds. The maximum Gasteiger partial charge on any atom is 0.0576 e. The summed E-state index contributed by atoms with van der Waals surface area (Å²) >= 11 is 0. The van der Waals surface area contributed by atoms with Gasteiger partial charge in [0, 0.05) is 34.5 Å². The van der Waals surface area contributed by atoms with Gasteiger partial charge < -0.3 is 4.74 Å². The third kappa shape index (κ3) is 8.58. The molecule has 0 aromatic carbocycles. The topological polar surface area (TPSA) is 60.4 Å². The maximum atomic E-state index is 11.9. The lowest BCUT2D eigenvalue weighted by Gasteiger charge is -2.18. The third-order valence-corrected chi connectivity index (χ3v) is 15.9. The molecule has 3 fully saturated rings. The zero-order valence-corrected chi connectivity index (χ0v) is 22.0. The van der Waals surface area contributed by atoms with Gasteiger partial charge in [-0.1, -0.05) is 6.42 Å². The summed E-state index contributed by atoms with van der Waals surface area (Å²) in [6.45, 7) is 13.2. The highest BCUT2D eigenvalue weighted by Crippen LogP contribution is 2.13.